The summed E-state index contributed by atoms with van der Waals surface area (Å²) < 4.78 is 9.52. The summed E-state index contributed by atoms with van der Waals surface area (Å²) in [5.41, 5.74) is 0. The van der Waals surface area contributed by atoms with Crippen LogP contribution in [0.25, 0.3) is 0 Å². The average molecular weight is 260 g/mol. The number of aliphatic hydroxyl groups is 2. The Balaban J connectivity index is 2.70. The van der Waals surface area contributed by atoms with Gasteiger partial charge in [-0.05, 0) is 19.3 Å². The van der Waals surface area contributed by atoms with Crippen LogP contribution in [0.3, 0.4) is 0 Å². The summed E-state index contributed by atoms with van der Waals surface area (Å²) in [4.78, 5) is 22.8. The van der Waals surface area contributed by atoms with E-state index >= 15 is 0 Å². The van der Waals surface area contributed by atoms with Crippen LogP contribution in [0.1, 0.15) is 51.9 Å². The summed E-state index contributed by atoms with van der Waals surface area (Å²) >= 11 is 0. The Morgan fingerprint density at radius 2 is 1.72 bits per heavy atom. The molecule has 1 saturated heterocycles. The maximum Gasteiger partial charge on any atom is 0.375 e. The number of hydrogen-bond donors (Lipinski definition) is 2. The first kappa shape index (κ1) is 14.9. The molecule has 104 valence electrons. The van der Waals surface area contributed by atoms with Crippen molar-refractivity contribution in [2.24, 2.45) is 0 Å². The highest BCUT2D eigenvalue weighted by atomic mass is 16.8. The van der Waals surface area contributed by atoms with Crippen LogP contribution >= 0.6 is 0 Å². The lowest BCUT2D eigenvalue weighted by Crippen LogP contribution is -2.42. The molecule has 1 fully saturated rings. The molecule has 0 spiro atoms. The Bertz CT molecular complexity index is 281. The van der Waals surface area contributed by atoms with E-state index in [0.29, 0.717) is 25.7 Å². The highest BCUT2D eigenvalue weighted by molar-refractivity contribution is 5.72. The molecule has 0 radical (unpaired) electrons. The molecule has 0 aromatic heterocycles. The number of ether oxygens (including phenoxy) is 2. The molecule has 0 saturated carbocycles. The van der Waals surface area contributed by atoms with Crippen LogP contribution in [0.2, 0.25) is 0 Å². The molecule has 1 rings (SSSR count). The van der Waals surface area contributed by atoms with Gasteiger partial charge in [-0.3, -0.25) is 9.59 Å². The second kappa shape index (κ2) is 6.70. The first-order valence-corrected chi connectivity index (χ1v) is 6.29. The van der Waals surface area contributed by atoms with Crippen molar-refractivity contribution in [3.05, 3.63) is 0 Å². The normalized spacial score (nSPS) is 22.2. The van der Waals surface area contributed by atoms with E-state index in [9.17, 15) is 19.8 Å². The molecule has 6 nitrogen and oxygen atoms in total. The second-order valence-electron chi connectivity index (χ2n) is 4.51. The molecule has 0 amide bonds. The minimum Gasteiger partial charge on any atom is -0.398 e. The molecule has 1 aliphatic rings. The van der Waals surface area contributed by atoms with Crippen molar-refractivity contribution in [3.8, 4) is 0 Å². The average Bonchev–Trinajstić information content (AvgIpc) is 2.28. The van der Waals surface area contributed by atoms with Gasteiger partial charge < -0.3 is 19.7 Å². The fraction of sp³-hybridized carbons (Fsp3) is 0.833. The van der Waals surface area contributed by atoms with E-state index in [1.54, 1.807) is 0 Å². The summed E-state index contributed by atoms with van der Waals surface area (Å²) in [6.45, 7) is 1.87. The first-order chi connectivity index (χ1) is 8.45. The van der Waals surface area contributed by atoms with Crippen molar-refractivity contribution in [2.45, 2.75) is 63.9 Å². The summed E-state index contributed by atoms with van der Waals surface area (Å²) in [5.74, 6) is -3.60. The molecule has 1 aliphatic heterocycles. The molecule has 1 unspecified atom stereocenters. The van der Waals surface area contributed by atoms with Crippen molar-refractivity contribution >= 4 is 11.9 Å². The Labute approximate surface area is 106 Å². The molecular formula is C12H20O6. The van der Waals surface area contributed by atoms with Crippen LogP contribution in [-0.4, -0.2) is 34.2 Å². The van der Waals surface area contributed by atoms with E-state index in [1.807, 2.05) is 6.92 Å². The zero-order valence-corrected chi connectivity index (χ0v) is 10.6. The molecule has 6 heteroatoms. The second-order valence-corrected chi connectivity index (χ2v) is 4.51. The lowest BCUT2D eigenvalue weighted by Gasteiger charge is -2.28. The topological polar surface area (TPSA) is 93.1 Å². The van der Waals surface area contributed by atoms with E-state index in [0.717, 1.165) is 0 Å². The number of rotatable bonds is 4. The number of carbonyl (C=O) groups is 2. The lowest BCUT2D eigenvalue weighted by molar-refractivity contribution is -0.333. The predicted octanol–water partition coefficient (Wildman–Crippen LogP) is 0.844. The summed E-state index contributed by atoms with van der Waals surface area (Å²) in [6.07, 6.45) is 1.21. The Hall–Kier alpha value is -1.14. The fourth-order valence-electron chi connectivity index (χ4n) is 1.83. The van der Waals surface area contributed by atoms with Gasteiger partial charge in [0.2, 0.25) is 0 Å². The number of aliphatic hydroxyl groups excluding tert-OH is 1. The van der Waals surface area contributed by atoms with Gasteiger partial charge in [-0.2, -0.15) is 0 Å². The molecular weight excluding hydrogens is 240 g/mol. The van der Waals surface area contributed by atoms with Crippen molar-refractivity contribution in [3.63, 3.8) is 0 Å². The molecule has 1 atom stereocenters. The SMILES string of the molecule is CCCC(O)CC1(O)OC(=O)CCCCC(=O)O1. The molecule has 0 aromatic carbocycles. The van der Waals surface area contributed by atoms with Crippen molar-refractivity contribution < 1.29 is 29.3 Å². The third-order valence-corrected chi connectivity index (χ3v) is 2.67. The Kier molecular flexibility index (Phi) is 5.55. The van der Waals surface area contributed by atoms with Crippen LogP contribution in [0, 0.1) is 0 Å². The zero-order valence-electron chi connectivity index (χ0n) is 10.6. The van der Waals surface area contributed by atoms with Gasteiger partial charge in [0.25, 0.3) is 0 Å². The van der Waals surface area contributed by atoms with Crippen molar-refractivity contribution in [2.75, 3.05) is 0 Å². The Morgan fingerprint density at radius 3 is 2.17 bits per heavy atom. The zero-order chi connectivity index (χ0) is 13.6. The van der Waals surface area contributed by atoms with Gasteiger partial charge in [0.05, 0.1) is 12.5 Å². The van der Waals surface area contributed by atoms with Gasteiger partial charge in [-0.25, -0.2) is 0 Å². The minimum absolute atomic E-state index is 0.128. The number of cyclic esters (lactones) is 2. The van der Waals surface area contributed by atoms with E-state index in [4.69, 9.17) is 9.47 Å². The quantitative estimate of drug-likeness (QED) is 0.728. The molecule has 0 bridgehead atoms. The largest absolute Gasteiger partial charge is 0.398 e. The van der Waals surface area contributed by atoms with Crippen LogP contribution in [0.15, 0.2) is 0 Å². The monoisotopic (exact) mass is 260 g/mol. The van der Waals surface area contributed by atoms with Gasteiger partial charge in [0.15, 0.2) is 0 Å². The van der Waals surface area contributed by atoms with Crippen molar-refractivity contribution in [1.29, 1.82) is 0 Å². The summed E-state index contributed by atoms with van der Waals surface area (Å²) in [7, 11) is 0. The van der Waals surface area contributed by atoms with E-state index in [2.05, 4.69) is 0 Å². The summed E-state index contributed by atoms with van der Waals surface area (Å²) in [6, 6.07) is 0. The third-order valence-electron chi connectivity index (χ3n) is 2.67. The van der Waals surface area contributed by atoms with Crippen molar-refractivity contribution in [1.82, 2.24) is 0 Å². The first-order valence-electron chi connectivity index (χ1n) is 6.29. The maximum absolute atomic E-state index is 11.4. The van der Waals surface area contributed by atoms with Crippen LogP contribution < -0.4 is 0 Å². The number of esters is 2. The van der Waals surface area contributed by atoms with Crippen LogP contribution in [0.4, 0.5) is 0 Å². The minimum atomic E-state index is -2.34. The number of hydrogen-bond acceptors (Lipinski definition) is 6. The van der Waals surface area contributed by atoms with Gasteiger partial charge in [0.1, 0.15) is 0 Å². The van der Waals surface area contributed by atoms with Gasteiger partial charge in [-0.15, -0.1) is 0 Å². The maximum atomic E-state index is 11.4. The van der Waals surface area contributed by atoms with Gasteiger partial charge in [0, 0.05) is 12.8 Å². The highest BCUT2D eigenvalue weighted by Crippen LogP contribution is 2.23. The van der Waals surface area contributed by atoms with Crippen LogP contribution in [0.5, 0.6) is 0 Å². The molecule has 1 heterocycles. The van der Waals surface area contributed by atoms with Gasteiger partial charge >= 0.3 is 17.9 Å². The highest BCUT2D eigenvalue weighted by Gasteiger charge is 2.39. The van der Waals surface area contributed by atoms with E-state index in [-0.39, 0.29) is 19.3 Å². The smallest absolute Gasteiger partial charge is 0.375 e. The van der Waals surface area contributed by atoms with E-state index in [1.165, 1.54) is 0 Å². The predicted molar refractivity (Wildman–Crippen MR) is 61.1 cm³/mol. The molecule has 0 aliphatic carbocycles. The standard InChI is InChI=1S/C12H20O6/c1-2-5-9(13)8-12(16)17-10(14)6-3-4-7-11(15)18-12/h9,13,16H,2-8H2,1H3. The molecule has 18 heavy (non-hydrogen) atoms. The molecule has 0 aromatic rings. The summed E-state index contributed by atoms with van der Waals surface area (Å²) in [5, 5.41) is 19.6. The van der Waals surface area contributed by atoms with Crippen LogP contribution in [-0.2, 0) is 19.1 Å². The fourth-order valence-corrected chi connectivity index (χ4v) is 1.83. The lowest BCUT2D eigenvalue weighted by atomic mass is 10.1. The molecule has 2 N–H and O–H groups in total. The third kappa shape index (κ3) is 5.01. The van der Waals surface area contributed by atoms with Gasteiger partial charge in [-0.1, -0.05) is 13.3 Å². The van der Waals surface area contributed by atoms with E-state index < -0.39 is 24.0 Å². The Morgan fingerprint density at radius 1 is 1.22 bits per heavy atom. The number of carbonyl (C=O) groups excluding carboxylic acids is 2.